The zero-order chi connectivity index (χ0) is 22.9. The molecule has 0 rings (SSSR count). The largest absolute Gasteiger partial charge is 0.481 e. The summed E-state index contributed by atoms with van der Waals surface area (Å²) >= 11 is 0. The molecule has 0 bridgehead atoms. The predicted molar refractivity (Wildman–Crippen MR) is 126 cm³/mol. The molecule has 0 heterocycles. The highest BCUT2D eigenvalue weighted by Crippen LogP contribution is 2.33. The van der Waals surface area contributed by atoms with Crippen LogP contribution in [-0.4, -0.2) is 23.1 Å². The molecule has 178 valence electrons. The number of rotatable bonds is 19. The van der Waals surface area contributed by atoms with Gasteiger partial charge in [0.05, 0.1) is 5.92 Å². The highest BCUT2D eigenvalue weighted by Gasteiger charge is 2.33. The standard InChI is InChI=1S/C26H50O4/c1-7-9-11-13-16-22(20(3)4)23(17-15-19-25(27)28)26(29)30-24(21(5)6)18-14-12-10-8-2/h20-24H,7-19H2,1-6H3,(H,27,28). The second kappa shape index (κ2) is 17.6. The van der Waals surface area contributed by atoms with Gasteiger partial charge in [0.25, 0.3) is 0 Å². The number of aliphatic carboxylic acids is 1. The van der Waals surface area contributed by atoms with E-state index in [2.05, 4.69) is 41.5 Å². The van der Waals surface area contributed by atoms with Gasteiger partial charge in [0.1, 0.15) is 6.10 Å². The summed E-state index contributed by atoms with van der Waals surface area (Å²) in [6, 6.07) is 0. The molecule has 0 aliphatic rings. The van der Waals surface area contributed by atoms with Crippen molar-refractivity contribution < 1.29 is 19.4 Å². The van der Waals surface area contributed by atoms with Gasteiger partial charge in [-0.2, -0.15) is 0 Å². The first-order valence-corrected chi connectivity index (χ1v) is 12.7. The Morgan fingerprint density at radius 2 is 1.30 bits per heavy atom. The maximum atomic E-state index is 13.3. The molecule has 0 aromatic rings. The number of ether oxygens (including phenoxy) is 1. The fraction of sp³-hybridized carbons (Fsp3) is 0.923. The van der Waals surface area contributed by atoms with Crippen molar-refractivity contribution in [2.24, 2.45) is 23.7 Å². The average Bonchev–Trinajstić information content (AvgIpc) is 2.67. The molecule has 0 saturated heterocycles. The van der Waals surface area contributed by atoms with E-state index in [1.54, 1.807) is 0 Å². The van der Waals surface area contributed by atoms with Gasteiger partial charge in [-0.3, -0.25) is 9.59 Å². The molecule has 0 aliphatic carbocycles. The van der Waals surface area contributed by atoms with Gasteiger partial charge in [-0.15, -0.1) is 0 Å². The molecule has 0 spiro atoms. The number of carboxylic acid groups (broad SMARTS) is 1. The van der Waals surface area contributed by atoms with Crippen LogP contribution in [0.5, 0.6) is 0 Å². The van der Waals surface area contributed by atoms with E-state index in [0.29, 0.717) is 24.7 Å². The van der Waals surface area contributed by atoms with Gasteiger partial charge in [-0.1, -0.05) is 86.5 Å². The number of hydrogen-bond donors (Lipinski definition) is 1. The fourth-order valence-corrected chi connectivity index (χ4v) is 4.32. The second-order valence-electron chi connectivity index (χ2n) is 9.72. The molecule has 4 nitrogen and oxygen atoms in total. The van der Waals surface area contributed by atoms with Crippen molar-refractivity contribution >= 4 is 11.9 Å². The Balaban J connectivity index is 5.16. The van der Waals surface area contributed by atoms with E-state index in [4.69, 9.17) is 9.84 Å². The molecule has 0 saturated carbocycles. The number of carbonyl (C=O) groups excluding carboxylic acids is 1. The van der Waals surface area contributed by atoms with Crippen molar-refractivity contribution in [1.82, 2.24) is 0 Å². The lowest BCUT2D eigenvalue weighted by Gasteiger charge is -2.31. The molecular weight excluding hydrogens is 376 g/mol. The SMILES string of the molecule is CCCCCCC(OC(=O)C(CCCC(=O)O)C(CCCCCC)C(C)C)C(C)C. The van der Waals surface area contributed by atoms with Crippen LogP contribution in [0, 0.1) is 23.7 Å². The minimum Gasteiger partial charge on any atom is -0.481 e. The number of carboxylic acids is 1. The molecule has 0 aromatic carbocycles. The van der Waals surface area contributed by atoms with Gasteiger partial charge < -0.3 is 9.84 Å². The maximum absolute atomic E-state index is 13.3. The van der Waals surface area contributed by atoms with Gasteiger partial charge >= 0.3 is 11.9 Å². The highest BCUT2D eigenvalue weighted by atomic mass is 16.5. The number of hydrogen-bond acceptors (Lipinski definition) is 3. The molecule has 0 aromatic heterocycles. The van der Waals surface area contributed by atoms with Crippen LogP contribution >= 0.6 is 0 Å². The first-order valence-electron chi connectivity index (χ1n) is 12.7. The highest BCUT2D eigenvalue weighted by molar-refractivity contribution is 5.73. The summed E-state index contributed by atoms with van der Waals surface area (Å²) in [6.07, 6.45) is 12.6. The van der Waals surface area contributed by atoms with Gasteiger partial charge in [0.15, 0.2) is 0 Å². The van der Waals surface area contributed by atoms with E-state index in [-0.39, 0.29) is 30.3 Å². The van der Waals surface area contributed by atoms with Crippen molar-refractivity contribution in [2.75, 3.05) is 0 Å². The second-order valence-corrected chi connectivity index (χ2v) is 9.72. The summed E-state index contributed by atoms with van der Waals surface area (Å²) in [5, 5.41) is 9.06. The zero-order valence-electron chi connectivity index (χ0n) is 20.8. The Bertz CT molecular complexity index is 444. The lowest BCUT2D eigenvalue weighted by molar-refractivity contribution is -0.160. The molecule has 3 unspecified atom stereocenters. The van der Waals surface area contributed by atoms with E-state index in [1.807, 2.05) is 0 Å². The van der Waals surface area contributed by atoms with Crippen LogP contribution in [0.2, 0.25) is 0 Å². The van der Waals surface area contributed by atoms with Crippen molar-refractivity contribution in [2.45, 2.75) is 131 Å². The smallest absolute Gasteiger partial charge is 0.309 e. The molecule has 3 atom stereocenters. The molecule has 0 aliphatic heterocycles. The third-order valence-electron chi connectivity index (χ3n) is 6.33. The van der Waals surface area contributed by atoms with Crippen LogP contribution in [0.3, 0.4) is 0 Å². The Morgan fingerprint density at radius 3 is 1.77 bits per heavy atom. The molecule has 30 heavy (non-hydrogen) atoms. The molecule has 0 radical (unpaired) electrons. The van der Waals surface area contributed by atoms with E-state index in [9.17, 15) is 9.59 Å². The predicted octanol–water partition coefficient (Wildman–Crippen LogP) is 7.64. The summed E-state index contributed by atoms with van der Waals surface area (Å²) < 4.78 is 6.08. The van der Waals surface area contributed by atoms with Crippen LogP contribution < -0.4 is 0 Å². The summed E-state index contributed by atoms with van der Waals surface area (Å²) in [6.45, 7) is 13.0. The van der Waals surface area contributed by atoms with Crippen LogP contribution in [0.15, 0.2) is 0 Å². The van der Waals surface area contributed by atoms with Crippen LogP contribution in [0.4, 0.5) is 0 Å². The first-order chi connectivity index (χ1) is 14.2. The topological polar surface area (TPSA) is 63.6 Å². The maximum Gasteiger partial charge on any atom is 0.309 e. The normalized spacial score (nSPS) is 14.7. The van der Waals surface area contributed by atoms with Gasteiger partial charge in [-0.05, 0) is 49.9 Å². The number of unbranched alkanes of at least 4 members (excludes halogenated alkanes) is 6. The molecule has 0 amide bonds. The van der Waals surface area contributed by atoms with Gasteiger partial charge in [0, 0.05) is 6.42 Å². The molecule has 4 heteroatoms. The molecular formula is C26H50O4. The average molecular weight is 427 g/mol. The van der Waals surface area contributed by atoms with Crippen LogP contribution in [0.1, 0.15) is 125 Å². The lowest BCUT2D eigenvalue weighted by Crippen LogP contribution is -2.34. The first kappa shape index (κ1) is 28.9. The molecule has 0 fully saturated rings. The number of carbonyl (C=O) groups is 2. The van der Waals surface area contributed by atoms with Crippen molar-refractivity contribution in [3.8, 4) is 0 Å². The monoisotopic (exact) mass is 426 g/mol. The van der Waals surface area contributed by atoms with Crippen molar-refractivity contribution in [3.63, 3.8) is 0 Å². The summed E-state index contributed by atoms with van der Waals surface area (Å²) in [4.78, 5) is 24.3. The third kappa shape index (κ3) is 13.3. The quantitative estimate of drug-likeness (QED) is 0.170. The van der Waals surface area contributed by atoms with Crippen molar-refractivity contribution in [3.05, 3.63) is 0 Å². The summed E-state index contributed by atoms with van der Waals surface area (Å²) in [5.74, 6) is -0.127. The van der Waals surface area contributed by atoms with E-state index < -0.39 is 5.97 Å². The van der Waals surface area contributed by atoms with E-state index >= 15 is 0 Å². The number of esters is 1. The minimum absolute atomic E-state index is 0.0377. The van der Waals surface area contributed by atoms with Crippen LogP contribution in [0.25, 0.3) is 0 Å². The van der Waals surface area contributed by atoms with E-state index in [0.717, 1.165) is 25.7 Å². The zero-order valence-corrected chi connectivity index (χ0v) is 20.8. The van der Waals surface area contributed by atoms with Crippen molar-refractivity contribution in [1.29, 1.82) is 0 Å². The Hall–Kier alpha value is -1.06. The van der Waals surface area contributed by atoms with Gasteiger partial charge in [0.2, 0.25) is 0 Å². The third-order valence-corrected chi connectivity index (χ3v) is 6.33. The summed E-state index contributed by atoms with van der Waals surface area (Å²) in [7, 11) is 0. The van der Waals surface area contributed by atoms with Gasteiger partial charge in [-0.25, -0.2) is 0 Å². The molecule has 1 N–H and O–H groups in total. The van der Waals surface area contributed by atoms with Crippen LogP contribution in [-0.2, 0) is 14.3 Å². The lowest BCUT2D eigenvalue weighted by atomic mass is 9.77. The Morgan fingerprint density at radius 1 is 0.733 bits per heavy atom. The minimum atomic E-state index is -0.790. The summed E-state index contributed by atoms with van der Waals surface area (Å²) in [5.41, 5.74) is 0. The Labute approximate surface area is 186 Å². The van der Waals surface area contributed by atoms with E-state index in [1.165, 1.54) is 38.5 Å². The fourth-order valence-electron chi connectivity index (χ4n) is 4.32. The Kier molecular flexibility index (Phi) is 17.0.